The minimum absolute atomic E-state index is 0.348. The van der Waals surface area contributed by atoms with Crippen molar-refractivity contribution in [3.05, 3.63) is 0 Å². The number of carbonyl (C=O) groups is 1. The van der Waals surface area contributed by atoms with Crippen molar-refractivity contribution < 1.29 is 4.79 Å². The second kappa shape index (κ2) is 5.57. The maximum absolute atomic E-state index is 12.0. The highest BCUT2D eigenvalue weighted by Gasteiger charge is 2.30. The van der Waals surface area contributed by atoms with Gasteiger partial charge in [-0.1, -0.05) is 0 Å². The number of nitrogens with one attached hydrogen (secondary N) is 1. The van der Waals surface area contributed by atoms with Crippen LogP contribution in [-0.2, 0) is 4.79 Å². The fourth-order valence-electron chi connectivity index (χ4n) is 3.53. The Hall–Kier alpha value is -0.610. The number of amides is 1. The van der Waals surface area contributed by atoms with Gasteiger partial charge in [0.2, 0.25) is 5.91 Å². The third-order valence-corrected chi connectivity index (χ3v) is 4.78. The summed E-state index contributed by atoms with van der Waals surface area (Å²) in [6, 6.07) is 0.715. The molecule has 3 saturated heterocycles. The molecule has 4 nitrogen and oxygen atoms in total. The summed E-state index contributed by atoms with van der Waals surface area (Å²) < 4.78 is 0. The lowest BCUT2D eigenvalue weighted by molar-refractivity contribution is -0.136. The molecule has 3 aliphatic rings. The second-order valence-corrected chi connectivity index (χ2v) is 6.07. The molecule has 3 aliphatic heterocycles. The zero-order chi connectivity index (χ0) is 12.4. The normalized spacial score (nSPS) is 33.4. The van der Waals surface area contributed by atoms with Crippen molar-refractivity contribution in [2.45, 2.75) is 38.1 Å². The summed E-state index contributed by atoms with van der Waals surface area (Å²) in [5.41, 5.74) is 0. The van der Waals surface area contributed by atoms with E-state index in [2.05, 4.69) is 10.2 Å². The minimum Gasteiger partial charge on any atom is -0.341 e. The zero-order valence-electron chi connectivity index (χ0n) is 11.2. The molecule has 0 aliphatic carbocycles. The van der Waals surface area contributed by atoms with Gasteiger partial charge in [-0.25, -0.2) is 0 Å². The van der Waals surface area contributed by atoms with Gasteiger partial charge in [0.15, 0.2) is 0 Å². The first-order valence-electron chi connectivity index (χ1n) is 7.56. The highest BCUT2D eigenvalue weighted by Crippen LogP contribution is 2.24. The van der Waals surface area contributed by atoms with E-state index in [4.69, 9.17) is 0 Å². The molecule has 3 fully saturated rings. The van der Waals surface area contributed by atoms with Crippen LogP contribution in [0.1, 0.15) is 32.1 Å². The molecule has 0 radical (unpaired) electrons. The molecule has 2 atom stereocenters. The maximum Gasteiger partial charge on any atom is 0.236 e. The lowest BCUT2D eigenvalue weighted by atomic mass is 9.90. The summed E-state index contributed by atoms with van der Waals surface area (Å²) in [5, 5.41) is 3.62. The van der Waals surface area contributed by atoms with Crippen LogP contribution in [0.5, 0.6) is 0 Å². The van der Waals surface area contributed by atoms with Gasteiger partial charge in [0.1, 0.15) is 0 Å². The number of nitrogens with zero attached hydrogens (tertiary/aromatic N) is 2. The second-order valence-electron chi connectivity index (χ2n) is 6.07. The number of piperidine rings is 1. The molecular formula is C14H25N3O. The van der Waals surface area contributed by atoms with Crippen LogP contribution in [0.25, 0.3) is 0 Å². The Morgan fingerprint density at radius 3 is 2.67 bits per heavy atom. The standard InChI is InChI=1S/C14H25N3O/c18-14(17-8-3-9-17)11-16-7-2-4-12(10-16)13-5-1-6-15-13/h12-13,15H,1-11H2. The Balaban J connectivity index is 1.48. The average molecular weight is 251 g/mol. The van der Waals surface area contributed by atoms with E-state index in [9.17, 15) is 4.79 Å². The van der Waals surface area contributed by atoms with E-state index in [1.165, 1.54) is 38.6 Å². The Bertz CT molecular complexity index is 297. The van der Waals surface area contributed by atoms with Gasteiger partial charge in [-0.3, -0.25) is 9.69 Å². The molecule has 0 aromatic rings. The van der Waals surface area contributed by atoms with Crippen LogP contribution in [-0.4, -0.2) is 61.0 Å². The maximum atomic E-state index is 12.0. The number of carbonyl (C=O) groups excluding carboxylic acids is 1. The molecule has 4 heteroatoms. The summed E-state index contributed by atoms with van der Waals surface area (Å²) in [6.45, 7) is 6.05. The SMILES string of the molecule is O=C(CN1CCCC(C2CCCN2)C1)N1CCC1. The topological polar surface area (TPSA) is 35.6 Å². The van der Waals surface area contributed by atoms with Crippen LogP contribution in [0.15, 0.2) is 0 Å². The summed E-state index contributed by atoms with van der Waals surface area (Å²) in [5.74, 6) is 1.12. The van der Waals surface area contributed by atoms with E-state index >= 15 is 0 Å². The van der Waals surface area contributed by atoms with Crippen molar-refractivity contribution in [1.29, 1.82) is 0 Å². The first kappa shape index (κ1) is 12.4. The van der Waals surface area contributed by atoms with Crippen molar-refractivity contribution in [1.82, 2.24) is 15.1 Å². The third-order valence-electron chi connectivity index (χ3n) is 4.78. The van der Waals surface area contributed by atoms with Crippen LogP contribution in [0.4, 0.5) is 0 Å². The van der Waals surface area contributed by atoms with Crippen LogP contribution < -0.4 is 5.32 Å². The number of rotatable bonds is 3. The first-order valence-corrected chi connectivity index (χ1v) is 7.56. The van der Waals surface area contributed by atoms with Gasteiger partial charge in [-0.05, 0) is 51.1 Å². The van der Waals surface area contributed by atoms with Gasteiger partial charge in [0, 0.05) is 25.7 Å². The first-order chi connectivity index (χ1) is 8.83. The Labute approximate surface area is 110 Å². The highest BCUT2D eigenvalue weighted by atomic mass is 16.2. The quantitative estimate of drug-likeness (QED) is 0.801. The van der Waals surface area contributed by atoms with E-state index < -0.39 is 0 Å². The minimum atomic E-state index is 0.348. The molecule has 3 heterocycles. The molecule has 0 aromatic carbocycles. The van der Waals surface area contributed by atoms with E-state index in [-0.39, 0.29) is 0 Å². The lowest BCUT2D eigenvalue weighted by Crippen LogP contribution is -2.50. The summed E-state index contributed by atoms with van der Waals surface area (Å²) in [7, 11) is 0. The fraction of sp³-hybridized carbons (Fsp3) is 0.929. The van der Waals surface area contributed by atoms with E-state index in [1.807, 2.05) is 4.90 Å². The largest absolute Gasteiger partial charge is 0.341 e. The van der Waals surface area contributed by atoms with Crippen LogP contribution >= 0.6 is 0 Å². The summed E-state index contributed by atoms with van der Waals surface area (Å²) in [6.07, 6.45) is 6.45. The molecule has 1 N–H and O–H groups in total. The van der Waals surface area contributed by atoms with Gasteiger partial charge in [0.05, 0.1) is 6.54 Å². The fourth-order valence-corrected chi connectivity index (χ4v) is 3.53. The highest BCUT2D eigenvalue weighted by molar-refractivity contribution is 5.78. The molecule has 0 aromatic heterocycles. The predicted octanol–water partition coefficient (Wildman–Crippen LogP) is 0.683. The molecular weight excluding hydrogens is 226 g/mol. The van der Waals surface area contributed by atoms with E-state index in [1.54, 1.807) is 0 Å². The van der Waals surface area contributed by atoms with Crippen molar-refractivity contribution in [3.63, 3.8) is 0 Å². The van der Waals surface area contributed by atoms with Crippen molar-refractivity contribution >= 4 is 5.91 Å². The number of hydrogen-bond donors (Lipinski definition) is 1. The third kappa shape index (κ3) is 2.69. The molecule has 0 bridgehead atoms. The number of likely N-dealkylation sites (tertiary alicyclic amines) is 2. The van der Waals surface area contributed by atoms with Crippen molar-refractivity contribution in [2.24, 2.45) is 5.92 Å². The number of hydrogen-bond acceptors (Lipinski definition) is 3. The molecule has 102 valence electrons. The molecule has 1 amide bonds. The average Bonchev–Trinajstić information content (AvgIpc) is 2.80. The smallest absolute Gasteiger partial charge is 0.236 e. The Morgan fingerprint density at radius 1 is 1.11 bits per heavy atom. The Kier molecular flexibility index (Phi) is 3.85. The lowest BCUT2D eigenvalue weighted by Gasteiger charge is -2.38. The Morgan fingerprint density at radius 2 is 2.00 bits per heavy atom. The van der Waals surface area contributed by atoms with Crippen molar-refractivity contribution in [2.75, 3.05) is 39.3 Å². The van der Waals surface area contributed by atoms with Crippen LogP contribution in [0.2, 0.25) is 0 Å². The molecule has 0 spiro atoms. The van der Waals surface area contributed by atoms with Gasteiger partial charge < -0.3 is 10.2 Å². The summed E-state index contributed by atoms with van der Waals surface area (Å²) in [4.78, 5) is 16.4. The van der Waals surface area contributed by atoms with Gasteiger partial charge in [-0.2, -0.15) is 0 Å². The van der Waals surface area contributed by atoms with E-state index in [0.717, 1.165) is 32.1 Å². The van der Waals surface area contributed by atoms with E-state index in [0.29, 0.717) is 18.5 Å². The van der Waals surface area contributed by atoms with Crippen LogP contribution in [0, 0.1) is 5.92 Å². The summed E-state index contributed by atoms with van der Waals surface area (Å²) >= 11 is 0. The van der Waals surface area contributed by atoms with Gasteiger partial charge in [-0.15, -0.1) is 0 Å². The van der Waals surface area contributed by atoms with Gasteiger partial charge >= 0.3 is 0 Å². The van der Waals surface area contributed by atoms with Crippen molar-refractivity contribution in [3.8, 4) is 0 Å². The zero-order valence-corrected chi connectivity index (χ0v) is 11.2. The molecule has 2 unspecified atom stereocenters. The monoisotopic (exact) mass is 251 g/mol. The van der Waals surface area contributed by atoms with Gasteiger partial charge in [0.25, 0.3) is 0 Å². The van der Waals surface area contributed by atoms with Crippen LogP contribution in [0.3, 0.4) is 0 Å². The predicted molar refractivity (Wildman–Crippen MR) is 71.4 cm³/mol. The molecule has 0 saturated carbocycles. The molecule has 3 rings (SSSR count). The molecule has 18 heavy (non-hydrogen) atoms.